The minimum Gasteiger partial charge on any atom is -0.418 e. The van der Waals surface area contributed by atoms with Crippen LogP contribution in [-0.4, -0.2) is 18.0 Å². The van der Waals surface area contributed by atoms with Gasteiger partial charge in [-0.3, -0.25) is 9.78 Å². The molecule has 7 heteroatoms. The number of aromatic nitrogens is 1. The molecule has 0 aliphatic carbocycles. The molecule has 0 N–H and O–H groups in total. The fourth-order valence-corrected chi connectivity index (χ4v) is 2.10. The van der Waals surface area contributed by atoms with Crippen LogP contribution in [0.25, 0.3) is 10.9 Å². The summed E-state index contributed by atoms with van der Waals surface area (Å²) in [7, 11) is -6.00. The lowest BCUT2D eigenvalue weighted by Crippen LogP contribution is -2.04. The smallest absolute Gasteiger partial charge is 0.418 e. The van der Waals surface area contributed by atoms with Gasteiger partial charge in [0, 0.05) is 16.6 Å². The molecule has 0 unspecified atom stereocenters. The van der Waals surface area contributed by atoms with Crippen molar-refractivity contribution in [2.24, 2.45) is 0 Å². The van der Waals surface area contributed by atoms with Crippen LogP contribution < -0.4 is 0 Å². The summed E-state index contributed by atoms with van der Waals surface area (Å²) in [6.45, 7) is 0. The van der Waals surface area contributed by atoms with Crippen molar-refractivity contribution >= 4 is 23.9 Å². The van der Waals surface area contributed by atoms with Crippen molar-refractivity contribution in [2.75, 3.05) is 0 Å². The second-order valence-electron chi connectivity index (χ2n) is 4.96. The average molecular weight is 334 g/mol. The van der Waals surface area contributed by atoms with Gasteiger partial charge in [0.05, 0.1) is 11.9 Å². The highest BCUT2D eigenvalue weighted by atomic mass is 19.5. The Labute approximate surface area is 136 Å². The molecule has 0 bridgehead atoms. The molecule has 2 aromatic carbocycles. The zero-order valence-corrected chi connectivity index (χ0v) is 12.5. The van der Waals surface area contributed by atoms with E-state index in [0.29, 0.717) is 6.42 Å². The first-order chi connectivity index (χ1) is 11.3. The molecule has 0 saturated carbocycles. The first kappa shape index (κ1) is 17.7. The molecule has 1 aromatic heterocycles. The molecule has 0 atom stereocenters. The van der Waals surface area contributed by atoms with Crippen LogP contribution in [0.5, 0.6) is 0 Å². The maximum Gasteiger partial charge on any atom is 0.673 e. The normalized spacial score (nSPS) is 10.8. The second kappa shape index (κ2) is 7.72. The summed E-state index contributed by atoms with van der Waals surface area (Å²) in [5.41, 5.74) is 2.48. The van der Waals surface area contributed by atoms with Gasteiger partial charge in [-0.2, -0.15) is 0 Å². The third-order valence-electron chi connectivity index (χ3n) is 3.09. The summed E-state index contributed by atoms with van der Waals surface area (Å²) >= 11 is 0. The topological polar surface area (TPSA) is 30.0 Å². The second-order valence-corrected chi connectivity index (χ2v) is 4.96. The van der Waals surface area contributed by atoms with Crippen LogP contribution in [0.4, 0.5) is 17.3 Å². The van der Waals surface area contributed by atoms with Crippen molar-refractivity contribution in [3.63, 3.8) is 0 Å². The predicted molar refractivity (Wildman–Crippen MR) is 86.4 cm³/mol. The van der Waals surface area contributed by atoms with Crippen LogP contribution in [0.3, 0.4) is 0 Å². The van der Waals surface area contributed by atoms with Crippen LogP contribution in [0.1, 0.15) is 16.1 Å². The van der Waals surface area contributed by atoms with Gasteiger partial charge in [0.15, 0.2) is 5.78 Å². The number of carbonyl (C=O) groups is 1. The average Bonchev–Trinajstić information content (AvgIpc) is 2.54. The number of nitrogens with zero attached hydrogens (tertiary/aromatic N) is 1. The maximum atomic E-state index is 12.1. The minimum absolute atomic E-state index is 0.100. The summed E-state index contributed by atoms with van der Waals surface area (Å²) in [6, 6.07) is 21.2. The lowest BCUT2D eigenvalue weighted by molar-refractivity contribution is 0.0992. The number of rotatable bonds is 3. The molecule has 0 spiro atoms. The summed E-state index contributed by atoms with van der Waals surface area (Å²) in [4.78, 5) is 16.6. The number of ketones is 1. The standard InChI is InChI=1S/C17H13NO.BF4/c19-17(14-7-2-1-3-8-14)12-15-11-10-13-6-4-5-9-16(13)18-15;2-1(3,4)5/h1-11H,12H2;/q;-1. The van der Waals surface area contributed by atoms with Crippen LogP contribution >= 0.6 is 0 Å². The third kappa shape index (κ3) is 5.83. The first-order valence-electron chi connectivity index (χ1n) is 7.13. The number of benzene rings is 2. The van der Waals surface area contributed by atoms with E-state index in [1.165, 1.54) is 0 Å². The molecule has 0 fully saturated rings. The van der Waals surface area contributed by atoms with Gasteiger partial charge < -0.3 is 17.3 Å². The number of hydrogen-bond donors (Lipinski definition) is 0. The number of hydrogen-bond acceptors (Lipinski definition) is 2. The maximum absolute atomic E-state index is 12.1. The van der Waals surface area contributed by atoms with Crippen molar-refractivity contribution in [3.8, 4) is 0 Å². The highest BCUT2D eigenvalue weighted by Crippen LogP contribution is 2.13. The van der Waals surface area contributed by atoms with Crippen LogP contribution in [0, 0.1) is 0 Å². The molecule has 0 saturated heterocycles. The van der Waals surface area contributed by atoms with Gasteiger partial charge in [-0.25, -0.2) is 0 Å². The summed E-state index contributed by atoms with van der Waals surface area (Å²) < 4.78 is 39.0. The molecule has 1 heterocycles. The van der Waals surface area contributed by atoms with Crippen molar-refractivity contribution in [3.05, 3.63) is 78.0 Å². The number of para-hydroxylation sites is 1. The van der Waals surface area contributed by atoms with Crippen LogP contribution in [0.2, 0.25) is 0 Å². The van der Waals surface area contributed by atoms with E-state index in [1.54, 1.807) is 0 Å². The van der Waals surface area contributed by atoms with Gasteiger partial charge in [-0.1, -0.05) is 54.6 Å². The fourth-order valence-electron chi connectivity index (χ4n) is 2.10. The number of carbonyl (C=O) groups excluding carboxylic acids is 1. The number of fused-ring (bicyclic) bond motifs is 1. The Morgan fingerprint density at radius 1 is 0.833 bits per heavy atom. The van der Waals surface area contributed by atoms with Crippen molar-refractivity contribution in [2.45, 2.75) is 6.42 Å². The highest BCUT2D eigenvalue weighted by molar-refractivity contribution is 6.50. The molecular formula is C17H13BF4NO-. The largest absolute Gasteiger partial charge is 0.673 e. The van der Waals surface area contributed by atoms with Crippen molar-refractivity contribution in [1.82, 2.24) is 4.98 Å². The highest BCUT2D eigenvalue weighted by Gasteiger charge is 2.20. The van der Waals surface area contributed by atoms with Gasteiger partial charge in [0.25, 0.3) is 0 Å². The molecule has 24 heavy (non-hydrogen) atoms. The molecular weight excluding hydrogens is 321 g/mol. The monoisotopic (exact) mass is 334 g/mol. The summed E-state index contributed by atoms with van der Waals surface area (Å²) in [5, 5.41) is 1.10. The molecule has 0 aliphatic heterocycles. The van der Waals surface area contributed by atoms with E-state index in [-0.39, 0.29) is 5.78 Å². The SMILES string of the molecule is F[B-](F)(F)F.O=C(Cc1ccc2ccccc2n1)c1ccccc1. The van der Waals surface area contributed by atoms with E-state index < -0.39 is 7.25 Å². The van der Waals surface area contributed by atoms with Gasteiger partial charge in [0.1, 0.15) is 0 Å². The van der Waals surface area contributed by atoms with E-state index in [9.17, 15) is 22.1 Å². The minimum atomic E-state index is -6.00. The van der Waals surface area contributed by atoms with E-state index in [2.05, 4.69) is 4.98 Å². The van der Waals surface area contributed by atoms with E-state index in [0.717, 1.165) is 22.2 Å². The van der Waals surface area contributed by atoms with E-state index >= 15 is 0 Å². The fraction of sp³-hybridized carbons (Fsp3) is 0.0588. The molecule has 0 aliphatic rings. The summed E-state index contributed by atoms with van der Waals surface area (Å²) in [6.07, 6.45) is 0.342. The number of halogens is 4. The molecule has 124 valence electrons. The molecule has 0 radical (unpaired) electrons. The molecule has 2 nitrogen and oxygen atoms in total. The third-order valence-corrected chi connectivity index (χ3v) is 3.09. The van der Waals surface area contributed by atoms with Gasteiger partial charge in [-0.15, -0.1) is 0 Å². The Kier molecular flexibility index (Phi) is 5.68. The Morgan fingerprint density at radius 3 is 2.08 bits per heavy atom. The number of pyridine rings is 1. The lowest BCUT2D eigenvalue weighted by Gasteiger charge is -2.03. The van der Waals surface area contributed by atoms with Crippen molar-refractivity contribution in [1.29, 1.82) is 0 Å². The van der Waals surface area contributed by atoms with Crippen LogP contribution in [0.15, 0.2) is 66.7 Å². The van der Waals surface area contributed by atoms with Crippen LogP contribution in [-0.2, 0) is 6.42 Å². The predicted octanol–water partition coefficient (Wildman–Crippen LogP) is 4.96. The Hall–Kier alpha value is -2.70. The Balaban J connectivity index is 0.000000368. The molecule has 0 amide bonds. The first-order valence-corrected chi connectivity index (χ1v) is 7.13. The van der Waals surface area contributed by atoms with Crippen molar-refractivity contribution < 1.29 is 22.1 Å². The lowest BCUT2D eigenvalue weighted by atomic mass is 10.1. The number of Topliss-reactive ketones (excluding diaryl/α,β-unsaturated/α-hetero) is 1. The molecule has 3 rings (SSSR count). The van der Waals surface area contributed by atoms with Gasteiger partial charge >= 0.3 is 7.25 Å². The zero-order chi connectivity index (χ0) is 17.6. The quantitative estimate of drug-likeness (QED) is 0.385. The van der Waals surface area contributed by atoms with Gasteiger partial charge in [0.2, 0.25) is 0 Å². The Morgan fingerprint density at radius 2 is 1.42 bits per heavy atom. The molecule has 3 aromatic rings. The summed E-state index contributed by atoms with van der Waals surface area (Å²) in [5.74, 6) is 0.100. The zero-order valence-electron chi connectivity index (χ0n) is 12.5. The Bertz CT molecular complexity index is 815. The van der Waals surface area contributed by atoms with Gasteiger partial charge in [-0.05, 0) is 12.1 Å². The van der Waals surface area contributed by atoms with E-state index in [1.807, 2.05) is 66.7 Å². The van der Waals surface area contributed by atoms with E-state index in [4.69, 9.17) is 0 Å².